The number of carbonyl (C=O) groups is 1. The first-order valence-electron chi connectivity index (χ1n) is 9.22. The van der Waals surface area contributed by atoms with Gasteiger partial charge in [-0.25, -0.2) is 8.42 Å². The molecule has 3 rings (SSSR count). The van der Waals surface area contributed by atoms with E-state index in [0.717, 1.165) is 14.8 Å². The molecular formula is C21H23ClN2O3S2. The third kappa shape index (κ3) is 5.10. The number of rotatable bonds is 7. The molecule has 0 unspecified atom stereocenters. The van der Waals surface area contributed by atoms with Crippen molar-refractivity contribution in [2.45, 2.75) is 33.2 Å². The average molecular weight is 451 g/mol. The molecule has 1 amide bonds. The number of nitrogens with one attached hydrogen (secondary N) is 1. The van der Waals surface area contributed by atoms with Gasteiger partial charge in [0.2, 0.25) is 5.91 Å². The molecule has 0 aliphatic heterocycles. The Morgan fingerprint density at radius 3 is 2.62 bits per heavy atom. The Morgan fingerprint density at radius 2 is 1.97 bits per heavy atom. The Hall–Kier alpha value is -2.09. The highest BCUT2D eigenvalue weighted by molar-refractivity contribution is 7.96. The van der Waals surface area contributed by atoms with E-state index in [0.29, 0.717) is 40.6 Å². The van der Waals surface area contributed by atoms with Crippen molar-refractivity contribution in [2.75, 3.05) is 10.8 Å². The van der Waals surface area contributed by atoms with Crippen LogP contribution in [-0.2, 0) is 21.4 Å². The molecule has 1 aliphatic carbocycles. The number of benzene rings is 1. The highest BCUT2D eigenvalue weighted by Gasteiger charge is 2.30. The average Bonchev–Trinajstić information content (AvgIpc) is 3.21. The lowest BCUT2D eigenvalue weighted by Gasteiger charge is -2.27. The molecule has 1 aromatic heterocycles. The van der Waals surface area contributed by atoms with Gasteiger partial charge in [-0.05, 0) is 61.9 Å². The van der Waals surface area contributed by atoms with Gasteiger partial charge in [0.15, 0.2) is 0 Å². The van der Waals surface area contributed by atoms with E-state index in [9.17, 15) is 13.2 Å². The number of sulfonamides is 1. The van der Waals surface area contributed by atoms with Gasteiger partial charge in [0.25, 0.3) is 10.0 Å². The lowest BCUT2D eigenvalue weighted by molar-refractivity contribution is -0.119. The second-order valence-electron chi connectivity index (χ2n) is 6.90. The summed E-state index contributed by atoms with van der Waals surface area (Å²) >= 11 is 7.77. The maximum Gasteiger partial charge on any atom is 0.260 e. The van der Waals surface area contributed by atoms with Gasteiger partial charge in [-0.1, -0.05) is 35.4 Å². The Morgan fingerprint density at radius 1 is 1.17 bits per heavy atom. The van der Waals surface area contributed by atoms with Crippen LogP contribution >= 0.6 is 22.9 Å². The van der Waals surface area contributed by atoms with Gasteiger partial charge in [-0.15, -0.1) is 11.3 Å². The predicted octanol–water partition coefficient (Wildman–Crippen LogP) is 4.79. The van der Waals surface area contributed by atoms with Gasteiger partial charge < -0.3 is 5.32 Å². The molecule has 0 saturated heterocycles. The summed E-state index contributed by atoms with van der Waals surface area (Å²) < 4.78 is 28.0. The Balaban J connectivity index is 1.91. The van der Waals surface area contributed by atoms with Crippen LogP contribution in [0.2, 0.25) is 5.02 Å². The van der Waals surface area contributed by atoms with Crippen molar-refractivity contribution in [3.63, 3.8) is 0 Å². The second kappa shape index (κ2) is 9.15. The smallest absolute Gasteiger partial charge is 0.260 e. The fourth-order valence-corrected chi connectivity index (χ4v) is 5.47. The largest absolute Gasteiger partial charge is 0.350 e. The van der Waals surface area contributed by atoms with E-state index in [1.165, 1.54) is 11.3 Å². The number of hydrogen-bond donors (Lipinski definition) is 1. The first-order valence-corrected chi connectivity index (χ1v) is 11.9. The highest BCUT2D eigenvalue weighted by Crippen LogP contribution is 2.33. The first-order chi connectivity index (χ1) is 13.8. The molecule has 8 heteroatoms. The van der Waals surface area contributed by atoms with Gasteiger partial charge in [0.1, 0.15) is 6.54 Å². The summed E-state index contributed by atoms with van der Waals surface area (Å²) in [7, 11) is -3.87. The maximum absolute atomic E-state index is 13.4. The van der Waals surface area contributed by atoms with E-state index in [1.54, 1.807) is 31.2 Å². The summed E-state index contributed by atoms with van der Waals surface area (Å²) in [6.07, 6.45) is 4.54. The van der Waals surface area contributed by atoms with Crippen molar-refractivity contribution in [1.82, 2.24) is 5.32 Å². The van der Waals surface area contributed by atoms with Crippen molar-refractivity contribution in [1.29, 1.82) is 0 Å². The summed E-state index contributed by atoms with van der Waals surface area (Å²) in [6.45, 7) is 3.78. The van der Waals surface area contributed by atoms with E-state index in [4.69, 9.17) is 11.6 Å². The third-order valence-electron chi connectivity index (χ3n) is 4.78. The van der Waals surface area contributed by atoms with Gasteiger partial charge in [-0.2, -0.15) is 0 Å². The van der Waals surface area contributed by atoms with Crippen LogP contribution < -0.4 is 9.62 Å². The standard InChI is InChI=1S/C21H23ClN2O3S2/c1-15-8-10-18(11-9-15)29(26,27)24(20-7-3-6-19(22)16(20)2)14-21(25)23-13-17-5-4-12-28-17/h3-8,10,12H,9,11,13-14H2,1-2H3,(H,23,25). The number of thiophene rings is 1. The lowest BCUT2D eigenvalue weighted by Crippen LogP contribution is -2.41. The van der Waals surface area contributed by atoms with Crippen LogP contribution in [0.25, 0.3) is 0 Å². The Bertz CT molecular complexity index is 1060. The highest BCUT2D eigenvalue weighted by atomic mass is 35.5. The zero-order chi connectivity index (χ0) is 21.0. The van der Waals surface area contributed by atoms with Crippen LogP contribution in [0.5, 0.6) is 0 Å². The third-order valence-corrected chi connectivity index (χ3v) is 7.97. The van der Waals surface area contributed by atoms with Crippen molar-refractivity contribution in [3.8, 4) is 0 Å². The number of nitrogens with zero attached hydrogens (tertiary/aromatic N) is 1. The zero-order valence-electron chi connectivity index (χ0n) is 16.3. The molecule has 154 valence electrons. The zero-order valence-corrected chi connectivity index (χ0v) is 18.7. The van der Waals surface area contributed by atoms with Gasteiger partial charge in [0, 0.05) is 9.90 Å². The van der Waals surface area contributed by atoms with E-state index < -0.39 is 10.0 Å². The number of anilines is 1. The van der Waals surface area contributed by atoms with Crippen molar-refractivity contribution < 1.29 is 13.2 Å². The number of carbonyl (C=O) groups excluding carboxylic acids is 1. The topological polar surface area (TPSA) is 66.5 Å². The minimum Gasteiger partial charge on any atom is -0.350 e. The molecule has 1 N–H and O–H groups in total. The lowest BCUT2D eigenvalue weighted by atomic mass is 10.1. The van der Waals surface area contributed by atoms with Crippen LogP contribution in [0.15, 0.2) is 58.3 Å². The van der Waals surface area contributed by atoms with Crippen molar-refractivity contribution in [3.05, 3.63) is 73.8 Å². The molecule has 29 heavy (non-hydrogen) atoms. The normalized spacial score (nSPS) is 14.2. The fraction of sp³-hybridized carbons (Fsp3) is 0.286. The van der Waals surface area contributed by atoms with Gasteiger partial charge in [0.05, 0.1) is 17.1 Å². The Labute approximate surface area is 180 Å². The van der Waals surface area contributed by atoms with Crippen LogP contribution in [0.3, 0.4) is 0 Å². The molecule has 0 radical (unpaired) electrons. The van der Waals surface area contributed by atoms with E-state index >= 15 is 0 Å². The van der Waals surface area contributed by atoms with E-state index in [1.807, 2.05) is 30.5 Å². The van der Waals surface area contributed by atoms with Crippen molar-refractivity contribution in [2.24, 2.45) is 0 Å². The predicted molar refractivity (Wildman–Crippen MR) is 120 cm³/mol. The number of hydrogen-bond acceptors (Lipinski definition) is 4. The monoisotopic (exact) mass is 450 g/mol. The number of halogens is 1. The SMILES string of the molecule is CC1=CC=C(S(=O)(=O)N(CC(=O)NCc2cccs2)c2cccc(Cl)c2C)CC1. The molecular weight excluding hydrogens is 428 g/mol. The minimum atomic E-state index is -3.87. The molecule has 0 saturated carbocycles. The molecule has 0 atom stereocenters. The summed E-state index contributed by atoms with van der Waals surface area (Å²) in [5, 5.41) is 5.19. The molecule has 2 aromatic rings. The molecule has 5 nitrogen and oxygen atoms in total. The quantitative estimate of drug-likeness (QED) is 0.659. The van der Waals surface area contributed by atoms with Crippen LogP contribution in [0, 0.1) is 6.92 Å². The van der Waals surface area contributed by atoms with E-state index in [-0.39, 0.29) is 12.5 Å². The Kier molecular flexibility index (Phi) is 6.82. The van der Waals surface area contributed by atoms with Crippen molar-refractivity contribution >= 4 is 44.6 Å². The molecule has 1 heterocycles. The summed E-state index contributed by atoms with van der Waals surface area (Å²) in [5.74, 6) is -0.371. The number of allylic oxidation sites excluding steroid dienone is 4. The minimum absolute atomic E-state index is 0.300. The van der Waals surface area contributed by atoms with E-state index in [2.05, 4.69) is 5.32 Å². The number of amides is 1. The molecule has 0 spiro atoms. The molecule has 1 aromatic carbocycles. The van der Waals surface area contributed by atoms with Crippen LogP contribution in [0.1, 0.15) is 30.2 Å². The van der Waals surface area contributed by atoms with Crippen LogP contribution in [0.4, 0.5) is 5.69 Å². The first kappa shape index (κ1) is 21.6. The summed E-state index contributed by atoms with van der Waals surface area (Å²) in [4.78, 5) is 13.9. The maximum atomic E-state index is 13.4. The van der Waals surface area contributed by atoms with Crippen LogP contribution in [-0.4, -0.2) is 20.9 Å². The second-order valence-corrected chi connectivity index (χ2v) is 10.3. The van der Waals surface area contributed by atoms with Gasteiger partial charge >= 0.3 is 0 Å². The summed E-state index contributed by atoms with van der Waals surface area (Å²) in [5.41, 5.74) is 2.16. The molecule has 0 fully saturated rings. The molecule has 1 aliphatic rings. The fourth-order valence-electron chi connectivity index (χ4n) is 3.03. The molecule has 0 bridgehead atoms. The van der Waals surface area contributed by atoms with Gasteiger partial charge in [-0.3, -0.25) is 9.10 Å². The summed E-state index contributed by atoms with van der Waals surface area (Å²) in [6, 6.07) is 8.89.